The van der Waals surface area contributed by atoms with Gasteiger partial charge in [0.05, 0.1) is 0 Å². The van der Waals surface area contributed by atoms with Gasteiger partial charge in [0.1, 0.15) is 0 Å². The number of nitrogens with zero attached hydrogens (tertiary/aromatic N) is 2. The van der Waals surface area contributed by atoms with Crippen LogP contribution in [0.5, 0.6) is 0 Å². The van der Waals surface area contributed by atoms with E-state index in [1.165, 1.54) is 84.0 Å². The third-order valence-corrected chi connectivity index (χ3v) is 5.60. The number of likely N-dealkylation sites (tertiary alicyclic amines) is 2. The molecule has 3 unspecified atom stereocenters. The lowest BCUT2D eigenvalue weighted by molar-refractivity contribution is 0.142. The first-order chi connectivity index (χ1) is 9.34. The van der Waals surface area contributed by atoms with E-state index in [-0.39, 0.29) is 0 Å². The maximum absolute atomic E-state index is 6.43. The number of piperidine rings is 1. The Bertz CT molecular complexity index is 275. The smallest absolute Gasteiger partial charge is 0.0247 e. The van der Waals surface area contributed by atoms with E-state index in [9.17, 15) is 0 Å². The van der Waals surface area contributed by atoms with E-state index in [4.69, 9.17) is 5.73 Å². The molecule has 19 heavy (non-hydrogen) atoms. The molecule has 3 fully saturated rings. The van der Waals surface area contributed by atoms with E-state index >= 15 is 0 Å². The Morgan fingerprint density at radius 2 is 1.42 bits per heavy atom. The average Bonchev–Trinajstić information content (AvgIpc) is 2.83. The van der Waals surface area contributed by atoms with Gasteiger partial charge in [0.15, 0.2) is 0 Å². The Labute approximate surface area is 118 Å². The topological polar surface area (TPSA) is 32.5 Å². The van der Waals surface area contributed by atoms with E-state index < -0.39 is 0 Å². The Morgan fingerprint density at radius 1 is 0.684 bits per heavy atom. The van der Waals surface area contributed by atoms with Gasteiger partial charge in [0.2, 0.25) is 0 Å². The van der Waals surface area contributed by atoms with E-state index in [1.54, 1.807) is 0 Å². The van der Waals surface area contributed by atoms with Crippen molar-refractivity contribution in [3.8, 4) is 0 Å². The van der Waals surface area contributed by atoms with Crippen LogP contribution in [-0.2, 0) is 0 Å². The van der Waals surface area contributed by atoms with Crippen LogP contribution in [0.25, 0.3) is 0 Å². The Morgan fingerprint density at radius 3 is 2.26 bits per heavy atom. The third kappa shape index (κ3) is 3.32. The van der Waals surface area contributed by atoms with Crippen molar-refractivity contribution >= 4 is 0 Å². The predicted octanol–water partition coefficient (Wildman–Crippen LogP) is 2.21. The predicted molar refractivity (Wildman–Crippen MR) is 80.3 cm³/mol. The highest BCUT2D eigenvalue weighted by atomic mass is 15.3. The van der Waals surface area contributed by atoms with Crippen LogP contribution in [0.3, 0.4) is 0 Å². The molecule has 3 rings (SSSR count). The minimum Gasteiger partial charge on any atom is -0.326 e. The van der Waals surface area contributed by atoms with Crippen LogP contribution in [0.15, 0.2) is 0 Å². The van der Waals surface area contributed by atoms with Crippen LogP contribution < -0.4 is 5.73 Å². The average molecular weight is 265 g/mol. The van der Waals surface area contributed by atoms with Crippen molar-refractivity contribution < 1.29 is 0 Å². The second-order valence-electron chi connectivity index (χ2n) is 6.90. The molecule has 1 aliphatic carbocycles. The monoisotopic (exact) mass is 265 g/mol. The fourth-order valence-corrected chi connectivity index (χ4v) is 4.42. The maximum Gasteiger partial charge on any atom is 0.0247 e. The van der Waals surface area contributed by atoms with Gasteiger partial charge in [-0.3, -0.25) is 9.80 Å². The molecule has 3 nitrogen and oxygen atoms in total. The summed E-state index contributed by atoms with van der Waals surface area (Å²) in [6, 6.07) is 1.94. The molecule has 2 aliphatic heterocycles. The summed E-state index contributed by atoms with van der Waals surface area (Å²) in [4.78, 5) is 5.49. The van der Waals surface area contributed by atoms with Crippen molar-refractivity contribution in [2.24, 2.45) is 5.73 Å². The minimum absolute atomic E-state index is 0.433. The highest BCUT2D eigenvalue weighted by Gasteiger charge is 2.34. The molecule has 2 saturated heterocycles. The molecule has 0 spiro atoms. The fourth-order valence-electron chi connectivity index (χ4n) is 4.42. The highest BCUT2D eigenvalue weighted by Crippen LogP contribution is 2.27. The molecule has 0 aromatic carbocycles. The van der Waals surface area contributed by atoms with Crippen molar-refractivity contribution in [3.05, 3.63) is 0 Å². The van der Waals surface area contributed by atoms with Gasteiger partial charge >= 0.3 is 0 Å². The van der Waals surface area contributed by atoms with Gasteiger partial charge < -0.3 is 5.73 Å². The Kier molecular flexibility index (Phi) is 4.78. The first-order valence-electron chi connectivity index (χ1n) is 8.58. The largest absolute Gasteiger partial charge is 0.326 e. The first-order valence-corrected chi connectivity index (χ1v) is 8.58. The Balaban J connectivity index is 1.55. The van der Waals surface area contributed by atoms with Crippen LogP contribution in [0, 0.1) is 0 Å². The molecule has 3 aliphatic rings. The van der Waals surface area contributed by atoms with Crippen LogP contribution in [-0.4, -0.2) is 54.1 Å². The van der Waals surface area contributed by atoms with E-state index in [1.807, 2.05) is 0 Å². The quantitative estimate of drug-likeness (QED) is 0.777. The molecule has 0 aromatic heterocycles. The van der Waals surface area contributed by atoms with Gasteiger partial charge in [-0.15, -0.1) is 0 Å². The zero-order valence-corrected chi connectivity index (χ0v) is 12.4. The van der Waals surface area contributed by atoms with Crippen molar-refractivity contribution in [2.45, 2.75) is 75.9 Å². The lowest BCUT2D eigenvalue weighted by atomic mass is 10.0. The molecule has 0 aromatic rings. The standard InChI is InChI=1S/C16H31N3/c17-15-7-3-1-4-8-16(15)19-12-9-14(13-19)18-10-5-2-6-11-18/h14-16H,1-13,17H2. The first kappa shape index (κ1) is 13.8. The highest BCUT2D eigenvalue weighted by molar-refractivity contribution is 4.92. The molecule has 2 heterocycles. The SMILES string of the molecule is NC1CCCCCC1N1CCC(N2CCCCC2)C1. The summed E-state index contributed by atoms with van der Waals surface area (Å²) in [7, 11) is 0. The fraction of sp³-hybridized carbons (Fsp3) is 1.00. The summed E-state index contributed by atoms with van der Waals surface area (Å²) >= 11 is 0. The van der Waals surface area contributed by atoms with Gasteiger partial charge in [-0.2, -0.15) is 0 Å². The van der Waals surface area contributed by atoms with E-state index in [0.29, 0.717) is 12.1 Å². The molecule has 0 radical (unpaired) electrons. The number of hydrogen-bond acceptors (Lipinski definition) is 3. The third-order valence-electron chi connectivity index (χ3n) is 5.60. The summed E-state index contributed by atoms with van der Waals surface area (Å²) in [5, 5.41) is 0. The molecular weight excluding hydrogens is 234 g/mol. The lowest BCUT2D eigenvalue weighted by Gasteiger charge is -2.34. The molecule has 0 bridgehead atoms. The zero-order chi connectivity index (χ0) is 13.1. The number of rotatable bonds is 2. The van der Waals surface area contributed by atoms with Gasteiger partial charge in [-0.1, -0.05) is 25.7 Å². The zero-order valence-electron chi connectivity index (χ0n) is 12.4. The molecule has 3 heteroatoms. The summed E-state index contributed by atoms with van der Waals surface area (Å²) < 4.78 is 0. The molecule has 3 atom stereocenters. The Hall–Kier alpha value is -0.120. The number of hydrogen-bond donors (Lipinski definition) is 1. The summed E-state index contributed by atoms with van der Waals surface area (Å²) in [6.45, 7) is 5.27. The van der Waals surface area contributed by atoms with Crippen LogP contribution in [0.2, 0.25) is 0 Å². The van der Waals surface area contributed by atoms with E-state index in [0.717, 1.165) is 6.04 Å². The normalized spacial score (nSPS) is 39.3. The van der Waals surface area contributed by atoms with Crippen LogP contribution in [0.1, 0.15) is 57.8 Å². The number of nitrogens with two attached hydrogens (primary N) is 1. The second kappa shape index (κ2) is 6.55. The molecular formula is C16H31N3. The van der Waals surface area contributed by atoms with Gasteiger partial charge in [-0.25, -0.2) is 0 Å². The van der Waals surface area contributed by atoms with Crippen molar-refractivity contribution in [2.75, 3.05) is 26.2 Å². The van der Waals surface area contributed by atoms with Gasteiger partial charge in [0.25, 0.3) is 0 Å². The van der Waals surface area contributed by atoms with Crippen LogP contribution >= 0.6 is 0 Å². The van der Waals surface area contributed by atoms with Crippen molar-refractivity contribution in [1.82, 2.24) is 9.80 Å². The lowest BCUT2D eigenvalue weighted by Crippen LogP contribution is -2.48. The van der Waals surface area contributed by atoms with Crippen LogP contribution in [0.4, 0.5) is 0 Å². The summed E-state index contributed by atoms with van der Waals surface area (Å²) in [5.74, 6) is 0. The molecule has 1 saturated carbocycles. The summed E-state index contributed by atoms with van der Waals surface area (Å²) in [6.07, 6.45) is 12.4. The maximum atomic E-state index is 6.43. The van der Waals surface area contributed by atoms with E-state index in [2.05, 4.69) is 9.80 Å². The molecule has 110 valence electrons. The summed E-state index contributed by atoms with van der Waals surface area (Å²) in [5.41, 5.74) is 6.43. The van der Waals surface area contributed by atoms with Gasteiger partial charge in [-0.05, 0) is 45.2 Å². The van der Waals surface area contributed by atoms with Crippen molar-refractivity contribution in [3.63, 3.8) is 0 Å². The van der Waals surface area contributed by atoms with Gasteiger partial charge in [0, 0.05) is 31.2 Å². The molecule has 2 N–H and O–H groups in total. The van der Waals surface area contributed by atoms with Crippen molar-refractivity contribution in [1.29, 1.82) is 0 Å². The second-order valence-corrected chi connectivity index (χ2v) is 6.90. The minimum atomic E-state index is 0.433. The molecule has 0 amide bonds.